The van der Waals surface area contributed by atoms with Crippen LogP contribution in [0.1, 0.15) is 48.7 Å². The summed E-state index contributed by atoms with van der Waals surface area (Å²) in [6.45, 7) is 5.82. The van der Waals surface area contributed by atoms with Gasteiger partial charge in [-0.15, -0.1) is 0 Å². The highest BCUT2D eigenvalue weighted by Gasteiger charge is 2.34. The van der Waals surface area contributed by atoms with E-state index >= 15 is 0 Å². The molecule has 1 N–H and O–H groups in total. The topological polar surface area (TPSA) is 154 Å². The van der Waals surface area contributed by atoms with Crippen LogP contribution in [0.4, 0.5) is 11.4 Å². The fourth-order valence-corrected chi connectivity index (χ4v) is 7.90. The van der Waals surface area contributed by atoms with Crippen molar-refractivity contribution in [1.29, 1.82) is 5.26 Å². The SMILES string of the molecule is Cc1c(C(=O)N(Cc2ccccc2C#N)c2ccc3[nH]ncc3c2)cc(-c2cc([N+](=O)[O-])ccc2C(=O)N2Cc3ccccc3C[C@@H]2CN2CCOCC2)n1C. The van der Waals surface area contributed by atoms with Crippen molar-refractivity contribution in [1.82, 2.24) is 24.6 Å². The van der Waals surface area contributed by atoms with Crippen LogP contribution in [0.2, 0.25) is 0 Å². The van der Waals surface area contributed by atoms with E-state index in [2.05, 4.69) is 27.2 Å². The number of carbonyl (C=O) groups excluding carboxylic acids is 2. The monoisotopic (exact) mass is 748 g/mol. The van der Waals surface area contributed by atoms with Gasteiger partial charge in [-0.05, 0) is 66.4 Å². The second-order valence-electron chi connectivity index (χ2n) is 14.3. The van der Waals surface area contributed by atoms with Crippen LogP contribution in [0.15, 0.2) is 97.2 Å². The number of nitrogens with one attached hydrogen (secondary N) is 1. The maximum absolute atomic E-state index is 14.9. The molecular formula is C43H40N8O5. The first-order valence-electron chi connectivity index (χ1n) is 18.6. The first-order chi connectivity index (χ1) is 27.2. The average Bonchev–Trinajstić information content (AvgIpc) is 3.82. The molecule has 8 rings (SSSR count). The third-order valence-corrected chi connectivity index (χ3v) is 11.1. The molecule has 0 saturated carbocycles. The molecule has 0 unspecified atom stereocenters. The molecule has 0 spiro atoms. The average molecular weight is 749 g/mol. The molecule has 0 radical (unpaired) electrons. The normalized spacial score (nSPS) is 15.7. The van der Waals surface area contributed by atoms with Crippen LogP contribution in [0.3, 0.4) is 0 Å². The van der Waals surface area contributed by atoms with Crippen molar-refractivity contribution < 1.29 is 19.2 Å². The van der Waals surface area contributed by atoms with Crippen LogP contribution >= 0.6 is 0 Å². The van der Waals surface area contributed by atoms with E-state index in [0.29, 0.717) is 77.6 Å². The number of nitrogens with zero attached hydrogens (tertiary/aromatic N) is 7. The minimum absolute atomic E-state index is 0.108. The molecule has 56 heavy (non-hydrogen) atoms. The summed E-state index contributed by atoms with van der Waals surface area (Å²) in [4.78, 5) is 47.3. The Morgan fingerprint density at radius 1 is 1.00 bits per heavy atom. The lowest BCUT2D eigenvalue weighted by molar-refractivity contribution is -0.384. The molecule has 13 heteroatoms. The summed E-state index contributed by atoms with van der Waals surface area (Å²) in [5.41, 5.74) is 6.76. The maximum atomic E-state index is 14.9. The highest BCUT2D eigenvalue weighted by molar-refractivity contribution is 6.09. The summed E-state index contributed by atoms with van der Waals surface area (Å²) in [7, 11) is 1.79. The Bertz CT molecular complexity index is 2530. The Morgan fingerprint density at radius 3 is 2.55 bits per heavy atom. The molecule has 1 saturated heterocycles. The van der Waals surface area contributed by atoms with Crippen LogP contribution < -0.4 is 4.90 Å². The fourth-order valence-electron chi connectivity index (χ4n) is 7.90. The maximum Gasteiger partial charge on any atom is 0.270 e. The van der Waals surface area contributed by atoms with Crippen molar-refractivity contribution in [2.24, 2.45) is 7.05 Å². The predicted octanol–water partition coefficient (Wildman–Crippen LogP) is 6.40. The van der Waals surface area contributed by atoms with E-state index in [1.54, 1.807) is 40.9 Å². The van der Waals surface area contributed by atoms with Crippen LogP contribution in [-0.2, 0) is 31.3 Å². The number of ether oxygens (including phenoxy) is 1. The number of amides is 2. The van der Waals surface area contributed by atoms with E-state index in [0.717, 1.165) is 29.6 Å². The van der Waals surface area contributed by atoms with Crippen LogP contribution in [-0.4, -0.2) is 80.2 Å². The lowest BCUT2D eigenvalue weighted by Gasteiger charge is -2.40. The second-order valence-corrected chi connectivity index (χ2v) is 14.3. The van der Waals surface area contributed by atoms with Crippen molar-refractivity contribution in [2.45, 2.75) is 32.5 Å². The first kappa shape index (κ1) is 36.4. The van der Waals surface area contributed by atoms with Gasteiger partial charge < -0.3 is 19.1 Å². The molecule has 4 heterocycles. The minimum atomic E-state index is -0.474. The quantitative estimate of drug-likeness (QED) is 0.132. The van der Waals surface area contributed by atoms with Crippen molar-refractivity contribution in [3.63, 3.8) is 0 Å². The van der Waals surface area contributed by atoms with E-state index in [9.17, 15) is 25.0 Å². The van der Waals surface area contributed by atoms with Gasteiger partial charge >= 0.3 is 0 Å². The lowest BCUT2D eigenvalue weighted by Crippen LogP contribution is -2.52. The summed E-state index contributed by atoms with van der Waals surface area (Å²) in [6.07, 6.45) is 2.36. The van der Waals surface area contributed by atoms with E-state index < -0.39 is 4.92 Å². The number of carbonyl (C=O) groups is 2. The van der Waals surface area contributed by atoms with E-state index in [4.69, 9.17) is 4.74 Å². The number of aromatic amines is 1. The van der Waals surface area contributed by atoms with Gasteiger partial charge in [0.05, 0.1) is 53.6 Å². The van der Waals surface area contributed by atoms with E-state index in [1.165, 1.54) is 23.8 Å². The molecule has 2 aliphatic rings. The smallest absolute Gasteiger partial charge is 0.270 e. The Kier molecular flexibility index (Phi) is 9.90. The van der Waals surface area contributed by atoms with Gasteiger partial charge in [-0.3, -0.25) is 29.7 Å². The third kappa shape index (κ3) is 6.92. The summed E-state index contributed by atoms with van der Waals surface area (Å²) >= 11 is 0. The van der Waals surface area contributed by atoms with Crippen molar-refractivity contribution >= 4 is 34.1 Å². The highest BCUT2D eigenvalue weighted by Crippen LogP contribution is 2.35. The number of anilines is 1. The number of H-pyrrole nitrogens is 1. The van der Waals surface area contributed by atoms with Gasteiger partial charge in [-0.2, -0.15) is 10.4 Å². The van der Waals surface area contributed by atoms with Crippen LogP contribution in [0.5, 0.6) is 0 Å². The third-order valence-electron chi connectivity index (χ3n) is 11.1. The van der Waals surface area contributed by atoms with Gasteiger partial charge in [0.15, 0.2) is 0 Å². The standard InChI is InChI=1S/C43H40N8O5/c1-28-38(43(53)49(26-32-10-6-4-8-30(32)23-44)34-12-14-40-33(20-34)24-45-46-40)22-41(47(28)2)39-21-35(51(54)55)11-13-37(39)42(52)50-25-31-9-5-3-7-29(31)19-36(50)27-48-15-17-56-18-16-48/h3-14,20-22,24,36H,15-19,25-27H2,1-2H3,(H,45,46)/t36-/m1/s1. The van der Waals surface area contributed by atoms with Gasteiger partial charge in [-0.25, -0.2) is 0 Å². The number of fused-ring (bicyclic) bond motifs is 2. The van der Waals surface area contributed by atoms with Gasteiger partial charge in [-0.1, -0.05) is 42.5 Å². The molecule has 1 atom stereocenters. The lowest BCUT2D eigenvalue weighted by atomic mass is 9.92. The number of nitro benzene ring substituents is 1. The van der Waals surface area contributed by atoms with Gasteiger partial charge in [0.2, 0.25) is 0 Å². The number of hydrogen-bond donors (Lipinski definition) is 1. The van der Waals surface area contributed by atoms with Crippen molar-refractivity contribution in [2.75, 3.05) is 37.7 Å². The van der Waals surface area contributed by atoms with Crippen LogP contribution in [0, 0.1) is 28.4 Å². The second kappa shape index (κ2) is 15.3. The molecule has 2 amide bonds. The Hall–Kier alpha value is -6.62. The van der Waals surface area contributed by atoms with E-state index in [-0.39, 0.29) is 30.1 Å². The predicted molar refractivity (Wildman–Crippen MR) is 211 cm³/mol. The van der Waals surface area contributed by atoms with Crippen molar-refractivity contribution in [3.05, 3.63) is 146 Å². The number of hydrogen-bond acceptors (Lipinski definition) is 8. The number of aromatic nitrogens is 3. The van der Waals surface area contributed by atoms with E-state index in [1.807, 2.05) is 60.4 Å². The Balaban J connectivity index is 1.20. The number of nitriles is 1. The Morgan fingerprint density at radius 2 is 1.77 bits per heavy atom. The number of rotatable bonds is 9. The number of non-ortho nitro benzene ring substituents is 1. The number of morpholine rings is 1. The highest BCUT2D eigenvalue weighted by atomic mass is 16.6. The minimum Gasteiger partial charge on any atom is -0.379 e. The molecule has 1 fully saturated rings. The molecule has 2 aromatic heterocycles. The zero-order valence-corrected chi connectivity index (χ0v) is 31.1. The van der Waals surface area contributed by atoms with Gasteiger partial charge in [0.25, 0.3) is 17.5 Å². The molecule has 282 valence electrons. The van der Waals surface area contributed by atoms with Gasteiger partial charge in [0.1, 0.15) is 0 Å². The molecule has 13 nitrogen and oxygen atoms in total. The molecule has 6 aromatic rings. The zero-order chi connectivity index (χ0) is 38.9. The summed E-state index contributed by atoms with van der Waals surface area (Å²) in [5.74, 6) is -0.575. The molecule has 4 aromatic carbocycles. The molecular weight excluding hydrogens is 709 g/mol. The zero-order valence-electron chi connectivity index (χ0n) is 31.1. The summed E-state index contributed by atoms with van der Waals surface area (Å²) < 4.78 is 7.40. The van der Waals surface area contributed by atoms with Crippen LogP contribution in [0.25, 0.3) is 22.2 Å². The molecule has 0 bridgehead atoms. The largest absolute Gasteiger partial charge is 0.379 e. The summed E-state index contributed by atoms with van der Waals surface area (Å²) in [5, 5.41) is 30.0. The molecule has 2 aliphatic heterocycles. The number of benzene rings is 4. The molecule has 0 aliphatic carbocycles. The number of nitro groups is 1. The fraction of sp³-hybridized carbons (Fsp3) is 0.256. The summed E-state index contributed by atoms with van der Waals surface area (Å²) in [6, 6.07) is 29.0. The Labute approximate surface area is 323 Å². The van der Waals surface area contributed by atoms with Gasteiger partial charge in [0, 0.05) is 85.0 Å². The first-order valence-corrected chi connectivity index (χ1v) is 18.6. The van der Waals surface area contributed by atoms with Crippen molar-refractivity contribution in [3.8, 4) is 17.3 Å².